The molecule has 0 heterocycles. The zero-order chi connectivity index (χ0) is 13.2. The van der Waals surface area contributed by atoms with E-state index in [1.807, 2.05) is 6.07 Å². The van der Waals surface area contributed by atoms with Gasteiger partial charge >= 0.3 is 58.4 Å². The first-order chi connectivity index (χ1) is 8.48. The van der Waals surface area contributed by atoms with E-state index in [1.165, 1.54) is 12.1 Å². The van der Waals surface area contributed by atoms with Gasteiger partial charge in [-0.3, -0.25) is 0 Å². The molecule has 0 aliphatic carbocycles. The number of rotatable bonds is 3. The average Bonchev–Trinajstić information content (AvgIpc) is 2.38. The van der Waals surface area contributed by atoms with Crippen molar-refractivity contribution in [1.82, 2.24) is 0 Å². The molecule has 19 heavy (non-hydrogen) atoms. The van der Waals surface area contributed by atoms with Crippen molar-refractivity contribution in [3.63, 3.8) is 0 Å². The maximum Gasteiger partial charge on any atom is 1.00 e. The Balaban J connectivity index is 0.00000180. The summed E-state index contributed by atoms with van der Waals surface area (Å²) in [5.41, 5.74) is 0.451. The van der Waals surface area contributed by atoms with Crippen molar-refractivity contribution in [2.75, 3.05) is 0 Å². The Morgan fingerprint density at radius 2 is 1.26 bits per heavy atom. The Morgan fingerprint density at radius 3 is 1.74 bits per heavy atom. The molecule has 94 valence electrons. The third-order valence-corrected chi connectivity index (χ3v) is 2.75. The first-order valence-electron chi connectivity index (χ1n) is 5.51. The Hall–Kier alpha value is -0.109. The SMILES string of the molecule is OC(c1ccccc1)c1ccc([B-](F)(F)F)cc1.[K+]. The largest absolute Gasteiger partial charge is 1.00 e. The fraction of sp³-hybridized carbons (Fsp3) is 0.0769. The summed E-state index contributed by atoms with van der Waals surface area (Å²) in [5.74, 6) is 0. The van der Waals surface area contributed by atoms with Crippen LogP contribution in [-0.4, -0.2) is 12.1 Å². The van der Waals surface area contributed by atoms with Crippen LogP contribution in [0.25, 0.3) is 0 Å². The molecule has 0 bridgehead atoms. The smallest absolute Gasteiger partial charge is 0.445 e. The predicted octanol–water partition coefficient (Wildman–Crippen LogP) is -0.173. The van der Waals surface area contributed by atoms with Crippen LogP contribution in [0.5, 0.6) is 0 Å². The molecular weight excluding hydrogens is 279 g/mol. The number of aliphatic hydroxyl groups excluding tert-OH is 1. The molecule has 6 heteroatoms. The minimum Gasteiger partial charge on any atom is -0.445 e. The van der Waals surface area contributed by atoms with E-state index in [2.05, 4.69) is 0 Å². The molecule has 0 saturated carbocycles. The van der Waals surface area contributed by atoms with Gasteiger partial charge in [0.1, 0.15) is 6.10 Å². The van der Waals surface area contributed by atoms with Crippen LogP contribution < -0.4 is 56.8 Å². The van der Waals surface area contributed by atoms with Gasteiger partial charge in [-0.1, -0.05) is 54.6 Å². The van der Waals surface area contributed by atoms with Crippen LogP contribution in [-0.2, 0) is 0 Å². The van der Waals surface area contributed by atoms with Crippen molar-refractivity contribution in [3.8, 4) is 0 Å². The van der Waals surface area contributed by atoms with E-state index < -0.39 is 18.5 Å². The number of hydrogen-bond acceptors (Lipinski definition) is 1. The second kappa shape index (κ2) is 7.06. The van der Waals surface area contributed by atoms with Gasteiger partial charge < -0.3 is 18.1 Å². The van der Waals surface area contributed by atoms with Crippen molar-refractivity contribution in [2.24, 2.45) is 0 Å². The van der Waals surface area contributed by atoms with Gasteiger partial charge in [0.2, 0.25) is 0 Å². The van der Waals surface area contributed by atoms with Crippen LogP contribution in [0, 0.1) is 0 Å². The predicted molar refractivity (Wildman–Crippen MR) is 65.7 cm³/mol. The minimum atomic E-state index is -4.98. The quantitative estimate of drug-likeness (QED) is 0.778. The van der Waals surface area contributed by atoms with Gasteiger partial charge in [-0.25, -0.2) is 0 Å². The Bertz CT molecular complexity index is 514. The second-order valence-electron chi connectivity index (χ2n) is 4.05. The Kier molecular flexibility index (Phi) is 6.30. The van der Waals surface area contributed by atoms with Crippen LogP contribution in [0.15, 0.2) is 54.6 Å². The van der Waals surface area contributed by atoms with E-state index in [1.54, 1.807) is 24.3 Å². The van der Waals surface area contributed by atoms with Crippen LogP contribution in [0.3, 0.4) is 0 Å². The normalized spacial score (nSPS) is 12.6. The molecule has 1 nitrogen and oxygen atoms in total. The van der Waals surface area contributed by atoms with E-state index in [4.69, 9.17) is 0 Å². The molecule has 1 atom stereocenters. The summed E-state index contributed by atoms with van der Waals surface area (Å²) in [7, 11) is 0. The first-order valence-corrected chi connectivity index (χ1v) is 5.51. The Labute approximate surface area is 152 Å². The first kappa shape index (κ1) is 16.9. The molecule has 0 radical (unpaired) electrons. The van der Waals surface area contributed by atoms with Crippen molar-refractivity contribution in [3.05, 3.63) is 65.7 Å². The van der Waals surface area contributed by atoms with Gasteiger partial charge in [0.15, 0.2) is 0 Å². The van der Waals surface area contributed by atoms with Crippen LogP contribution in [0.1, 0.15) is 17.2 Å². The maximum absolute atomic E-state index is 12.4. The molecular formula is C13H11BF3KO. The third-order valence-electron chi connectivity index (χ3n) is 2.75. The molecule has 0 fully saturated rings. The zero-order valence-electron chi connectivity index (χ0n) is 10.4. The number of benzene rings is 2. The van der Waals surface area contributed by atoms with E-state index in [0.717, 1.165) is 12.1 Å². The van der Waals surface area contributed by atoms with Gasteiger partial charge in [0.05, 0.1) is 0 Å². The number of hydrogen-bond donors (Lipinski definition) is 1. The van der Waals surface area contributed by atoms with Crippen LogP contribution in [0.4, 0.5) is 12.9 Å². The summed E-state index contributed by atoms with van der Waals surface area (Å²) in [4.78, 5) is 0. The van der Waals surface area contributed by atoms with Gasteiger partial charge in [-0.05, 0) is 11.1 Å². The van der Waals surface area contributed by atoms with E-state index >= 15 is 0 Å². The topological polar surface area (TPSA) is 20.2 Å². The number of halogens is 3. The van der Waals surface area contributed by atoms with E-state index in [0.29, 0.717) is 11.1 Å². The monoisotopic (exact) mass is 290 g/mol. The van der Waals surface area contributed by atoms with E-state index in [9.17, 15) is 18.1 Å². The molecule has 0 aliphatic rings. The fourth-order valence-electron chi connectivity index (χ4n) is 1.72. The fourth-order valence-corrected chi connectivity index (χ4v) is 1.72. The molecule has 2 aromatic rings. The molecule has 2 aromatic carbocycles. The molecule has 0 saturated heterocycles. The summed E-state index contributed by atoms with van der Waals surface area (Å²) in [6.07, 6.45) is -0.902. The molecule has 1 N–H and O–H groups in total. The van der Waals surface area contributed by atoms with Gasteiger partial charge in [-0.15, -0.1) is 5.46 Å². The standard InChI is InChI=1S/C13H11BF3O.K/c15-14(16,17)12-8-6-11(7-9-12)13(18)10-4-2-1-3-5-10;/h1-9,13,18H;/q-1;+1. The summed E-state index contributed by atoms with van der Waals surface area (Å²) < 4.78 is 37.3. The van der Waals surface area contributed by atoms with Crippen molar-refractivity contribution < 1.29 is 69.4 Å². The van der Waals surface area contributed by atoms with E-state index in [-0.39, 0.29) is 51.4 Å². The van der Waals surface area contributed by atoms with Crippen molar-refractivity contribution in [2.45, 2.75) is 6.10 Å². The summed E-state index contributed by atoms with van der Waals surface area (Å²) in [6, 6.07) is 13.4. The molecule has 0 aliphatic heterocycles. The maximum atomic E-state index is 12.4. The summed E-state index contributed by atoms with van der Waals surface area (Å²) >= 11 is 0. The Morgan fingerprint density at radius 1 is 0.789 bits per heavy atom. The molecule has 1 unspecified atom stereocenters. The van der Waals surface area contributed by atoms with Crippen LogP contribution >= 0.6 is 0 Å². The van der Waals surface area contributed by atoms with Gasteiger partial charge in [0.25, 0.3) is 0 Å². The number of aliphatic hydroxyl groups is 1. The van der Waals surface area contributed by atoms with Crippen molar-refractivity contribution in [1.29, 1.82) is 0 Å². The van der Waals surface area contributed by atoms with Gasteiger partial charge in [-0.2, -0.15) is 0 Å². The van der Waals surface area contributed by atoms with Crippen molar-refractivity contribution >= 4 is 12.4 Å². The molecule has 2 rings (SSSR count). The molecule has 0 amide bonds. The second-order valence-corrected chi connectivity index (χ2v) is 4.05. The third kappa shape index (κ3) is 4.44. The molecule has 0 spiro atoms. The van der Waals surface area contributed by atoms with Gasteiger partial charge in [0, 0.05) is 0 Å². The summed E-state index contributed by atoms with van der Waals surface area (Å²) in [5, 5.41) is 10.0. The van der Waals surface area contributed by atoms with Crippen LogP contribution in [0.2, 0.25) is 0 Å². The minimum absolute atomic E-state index is 0. The zero-order valence-corrected chi connectivity index (χ0v) is 13.6. The molecule has 0 aromatic heterocycles. The summed E-state index contributed by atoms with van der Waals surface area (Å²) in [6.45, 7) is -4.98. The average molecular weight is 290 g/mol.